The average Bonchev–Trinajstić information content (AvgIpc) is 3.01. The summed E-state index contributed by atoms with van der Waals surface area (Å²) in [5.74, 6) is -0.263. The zero-order valence-electron chi connectivity index (χ0n) is 12.3. The quantitative estimate of drug-likeness (QED) is 0.889. The Kier molecular flexibility index (Phi) is 3.88. The second kappa shape index (κ2) is 5.70. The lowest BCUT2D eigenvalue weighted by Gasteiger charge is -2.24. The molecule has 1 heterocycles. The van der Waals surface area contributed by atoms with Gasteiger partial charge in [-0.15, -0.1) is 0 Å². The highest BCUT2D eigenvalue weighted by Crippen LogP contribution is 2.36. The highest BCUT2D eigenvalue weighted by atomic mass is 32.1. The molecule has 0 radical (unpaired) electrons. The Morgan fingerprint density at radius 2 is 2.23 bits per heavy atom. The van der Waals surface area contributed by atoms with Crippen molar-refractivity contribution in [3.8, 4) is 0 Å². The van der Waals surface area contributed by atoms with E-state index in [1.165, 1.54) is 4.57 Å². The van der Waals surface area contributed by atoms with E-state index in [1.807, 2.05) is 24.3 Å². The lowest BCUT2D eigenvalue weighted by molar-refractivity contribution is -0.123. The van der Waals surface area contributed by atoms with E-state index in [-0.39, 0.29) is 23.9 Å². The van der Waals surface area contributed by atoms with Gasteiger partial charge >= 0.3 is 4.87 Å². The monoisotopic (exact) mass is 318 g/mol. The molecule has 1 aliphatic carbocycles. The van der Waals surface area contributed by atoms with Crippen molar-refractivity contribution in [2.75, 3.05) is 6.54 Å². The minimum atomic E-state index is -1.01. The first kappa shape index (κ1) is 15.0. The predicted molar refractivity (Wildman–Crippen MR) is 85.0 cm³/mol. The Morgan fingerprint density at radius 1 is 1.45 bits per heavy atom. The molecular weight excluding hydrogens is 300 g/mol. The summed E-state index contributed by atoms with van der Waals surface area (Å²) in [6, 6.07) is 7.76. The van der Waals surface area contributed by atoms with E-state index in [9.17, 15) is 14.7 Å². The fourth-order valence-corrected chi connectivity index (χ4v) is 3.63. The maximum Gasteiger partial charge on any atom is 0.307 e. The van der Waals surface area contributed by atoms with Gasteiger partial charge in [-0.25, -0.2) is 0 Å². The Hall–Kier alpha value is -1.92. The zero-order valence-corrected chi connectivity index (χ0v) is 13.2. The van der Waals surface area contributed by atoms with Crippen LogP contribution in [0.4, 0.5) is 0 Å². The van der Waals surface area contributed by atoms with Crippen LogP contribution in [0.3, 0.4) is 0 Å². The number of rotatable bonds is 4. The molecule has 1 aliphatic rings. The standard InChI is InChI=1S/C16H18N2O3S/c1-11-9-22-15(20)18(11)8-14(19)17-10-16(21)7-6-12-4-2-3-5-13(12)16/h2-5,9,21H,6-8,10H2,1H3,(H,17,19)/t16-/m0/s1. The second-order valence-electron chi connectivity index (χ2n) is 5.69. The van der Waals surface area contributed by atoms with E-state index in [1.54, 1.807) is 12.3 Å². The number of thiazole rings is 1. The van der Waals surface area contributed by atoms with Crippen LogP contribution in [0, 0.1) is 6.92 Å². The molecule has 0 spiro atoms. The first-order valence-corrected chi connectivity index (χ1v) is 8.10. The number of carbonyl (C=O) groups is 1. The second-order valence-corrected chi connectivity index (χ2v) is 6.52. The first-order chi connectivity index (χ1) is 10.5. The summed E-state index contributed by atoms with van der Waals surface area (Å²) >= 11 is 1.08. The Labute approximate surface area is 132 Å². The minimum Gasteiger partial charge on any atom is -0.383 e. The largest absolute Gasteiger partial charge is 0.383 e. The van der Waals surface area contributed by atoms with Gasteiger partial charge in [0.25, 0.3) is 0 Å². The predicted octanol–water partition coefficient (Wildman–Crippen LogP) is 1.17. The van der Waals surface area contributed by atoms with Crippen LogP contribution in [0.25, 0.3) is 0 Å². The summed E-state index contributed by atoms with van der Waals surface area (Å²) < 4.78 is 1.44. The van der Waals surface area contributed by atoms with Crippen LogP contribution in [-0.2, 0) is 23.4 Å². The number of fused-ring (bicyclic) bond motifs is 1. The fourth-order valence-electron chi connectivity index (χ4n) is 2.89. The summed E-state index contributed by atoms with van der Waals surface area (Å²) in [4.78, 5) is 23.5. The molecule has 0 aliphatic heterocycles. The Morgan fingerprint density at radius 3 is 2.95 bits per heavy atom. The van der Waals surface area contributed by atoms with Gasteiger partial charge in [-0.05, 0) is 30.9 Å². The normalized spacial score (nSPS) is 19.9. The first-order valence-electron chi connectivity index (χ1n) is 7.22. The van der Waals surface area contributed by atoms with Crippen LogP contribution in [0.1, 0.15) is 23.2 Å². The van der Waals surface area contributed by atoms with Crippen LogP contribution < -0.4 is 10.2 Å². The molecule has 1 atom stereocenters. The van der Waals surface area contributed by atoms with Gasteiger partial charge in [0.15, 0.2) is 0 Å². The van der Waals surface area contributed by atoms with Gasteiger partial charge in [0.1, 0.15) is 12.1 Å². The molecule has 0 saturated carbocycles. The van der Waals surface area contributed by atoms with Crippen molar-refractivity contribution >= 4 is 17.2 Å². The fraction of sp³-hybridized carbons (Fsp3) is 0.375. The molecule has 1 aromatic carbocycles. The number of aliphatic hydroxyl groups is 1. The summed E-state index contributed by atoms with van der Waals surface area (Å²) in [6.07, 6.45) is 1.41. The van der Waals surface area contributed by atoms with Crippen molar-refractivity contribution in [3.05, 3.63) is 56.1 Å². The minimum absolute atomic E-state index is 0.00804. The number of carbonyl (C=O) groups excluding carboxylic acids is 1. The molecule has 2 N–H and O–H groups in total. The van der Waals surface area contributed by atoms with Crippen LogP contribution in [-0.4, -0.2) is 22.1 Å². The van der Waals surface area contributed by atoms with Crippen molar-refractivity contribution in [1.82, 2.24) is 9.88 Å². The molecule has 1 aromatic heterocycles. The molecule has 0 bridgehead atoms. The SMILES string of the molecule is Cc1csc(=O)n1CC(=O)NC[C@@]1(O)CCc2ccccc21. The number of amides is 1. The highest BCUT2D eigenvalue weighted by Gasteiger charge is 2.36. The maximum absolute atomic E-state index is 12.0. The van der Waals surface area contributed by atoms with Gasteiger partial charge < -0.3 is 10.4 Å². The van der Waals surface area contributed by atoms with Crippen LogP contribution in [0.2, 0.25) is 0 Å². The molecule has 116 valence electrons. The van der Waals surface area contributed by atoms with Gasteiger partial charge in [-0.3, -0.25) is 14.2 Å². The van der Waals surface area contributed by atoms with E-state index in [0.717, 1.165) is 34.6 Å². The van der Waals surface area contributed by atoms with E-state index < -0.39 is 5.60 Å². The van der Waals surface area contributed by atoms with E-state index in [0.29, 0.717) is 6.42 Å². The van der Waals surface area contributed by atoms with Gasteiger partial charge in [0, 0.05) is 11.1 Å². The molecule has 1 amide bonds. The maximum atomic E-state index is 12.0. The van der Waals surface area contributed by atoms with Gasteiger partial charge in [-0.1, -0.05) is 35.6 Å². The zero-order chi connectivity index (χ0) is 15.7. The number of hydrogen-bond acceptors (Lipinski definition) is 4. The molecule has 2 aromatic rings. The molecule has 5 nitrogen and oxygen atoms in total. The van der Waals surface area contributed by atoms with E-state index in [4.69, 9.17) is 0 Å². The molecular formula is C16H18N2O3S. The van der Waals surface area contributed by atoms with Crippen LogP contribution >= 0.6 is 11.3 Å². The molecule has 0 saturated heterocycles. The van der Waals surface area contributed by atoms with Crippen molar-refractivity contribution in [3.63, 3.8) is 0 Å². The summed E-state index contributed by atoms with van der Waals surface area (Å²) in [5.41, 5.74) is 1.78. The third kappa shape index (κ3) is 2.71. The summed E-state index contributed by atoms with van der Waals surface area (Å²) in [6.45, 7) is 1.96. The number of hydrogen-bond donors (Lipinski definition) is 2. The molecule has 0 unspecified atom stereocenters. The molecule has 22 heavy (non-hydrogen) atoms. The van der Waals surface area contributed by atoms with Gasteiger partial charge in [-0.2, -0.15) is 0 Å². The van der Waals surface area contributed by atoms with Crippen molar-refractivity contribution in [2.24, 2.45) is 0 Å². The average molecular weight is 318 g/mol. The smallest absolute Gasteiger partial charge is 0.307 e. The van der Waals surface area contributed by atoms with E-state index >= 15 is 0 Å². The van der Waals surface area contributed by atoms with Gasteiger partial charge in [0.2, 0.25) is 5.91 Å². The summed E-state index contributed by atoms with van der Waals surface area (Å²) in [7, 11) is 0. The lowest BCUT2D eigenvalue weighted by atomic mass is 9.96. The van der Waals surface area contributed by atoms with Crippen molar-refractivity contribution in [1.29, 1.82) is 0 Å². The lowest BCUT2D eigenvalue weighted by Crippen LogP contribution is -2.41. The van der Waals surface area contributed by atoms with Crippen LogP contribution in [0.15, 0.2) is 34.4 Å². The van der Waals surface area contributed by atoms with Crippen molar-refractivity contribution < 1.29 is 9.90 Å². The summed E-state index contributed by atoms with van der Waals surface area (Å²) in [5, 5.41) is 15.2. The number of nitrogens with one attached hydrogen (secondary N) is 1. The van der Waals surface area contributed by atoms with E-state index in [2.05, 4.69) is 5.32 Å². The third-order valence-electron chi connectivity index (χ3n) is 4.18. The number of aromatic nitrogens is 1. The Balaban J connectivity index is 1.66. The molecule has 0 fully saturated rings. The number of aryl methyl sites for hydroxylation is 2. The van der Waals surface area contributed by atoms with Gasteiger partial charge in [0.05, 0.1) is 6.54 Å². The Bertz CT molecular complexity index is 765. The van der Waals surface area contributed by atoms with Crippen molar-refractivity contribution in [2.45, 2.75) is 31.9 Å². The molecule has 6 heteroatoms. The highest BCUT2D eigenvalue weighted by molar-refractivity contribution is 7.07. The molecule has 3 rings (SSSR count). The number of nitrogens with zero attached hydrogens (tertiary/aromatic N) is 1. The topological polar surface area (TPSA) is 71.3 Å². The number of benzene rings is 1. The van der Waals surface area contributed by atoms with Crippen LogP contribution in [0.5, 0.6) is 0 Å². The third-order valence-corrected chi connectivity index (χ3v) is 5.06.